The van der Waals surface area contributed by atoms with E-state index in [1.165, 1.54) is 19.3 Å². The normalized spacial score (nSPS) is 35.3. The SMILES string of the molecule is N#CC1(C(=O)N2CCCC3CCCC32)CC1. The topological polar surface area (TPSA) is 44.1 Å². The summed E-state index contributed by atoms with van der Waals surface area (Å²) in [5.41, 5.74) is -0.607. The van der Waals surface area contributed by atoms with Crippen molar-refractivity contribution in [1.29, 1.82) is 5.26 Å². The summed E-state index contributed by atoms with van der Waals surface area (Å²) in [7, 11) is 0. The predicted octanol–water partition coefficient (Wildman–Crippen LogP) is 2.08. The van der Waals surface area contributed by atoms with Gasteiger partial charge in [0, 0.05) is 12.6 Å². The Labute approximate surface area is 96.4 Å². The molecule has 16 heavy (non-hydrogen) atoms. The van der Waals surface area contributed by atoms with E-state index in [-0.39, 0.29) is 5.91 Å². The van der Waals surface area contributed by atoms with E-state index in [0.29, 0.717) is 6.04 Å². The molecule has 2 saturated carbocycles. The highest BCUT2D eigenvalue weighted by Crippen LogP contribution is 2.48. The molecule has 0 spiro atoms. The second kappa shape index (κ2) is 3.48. The molecule has 0 aromatic carbocycles. The molecule has 2 atom stereocenters. The Balaban J connectivity index is 1.79. The van der Waals surface area contributed by atoms with E-state index in [1.54, 1.807) is 0 Å². The lowest BCUT2D eigenvalue weighted by Gasteiger charge is -2.38. The summed E-state index contributed by atoms with van der Waals surface area (Å²) in [4.78, 5) is 14.4. The van der Waals surface area contributed by atoms with Crippen molar-refractivity contribution in [3.63, 3.8) is 0 Å². The van der Waals surface area contributed by atoms with Crippen molar-refractivity contribution in [2.24, 2.45) is 11.3 Å². The molecule has 1 amide bonds. The largest absolute Gasteiger partial charge is 0.338 e. The molecule has 3 rings (SSSR count). The van der Waals surface area contributed by atoms with Gasteiger partial charge in [0.25, 0.3) is 0 Å². The maximum absolute atomic E-state index is 12.4. The molecule has 1 saturated heterocycles. The highest BCUT2D eigenvalue weighted by molar-refractivity contribution is 5.88. The van der Waals surface area contributed by atoms with Gasteiger partial charge in [0.05, 0.1) is 6.07 Å². The van der Waals surface area contributed by atoms with Gasteiger partial charge in [0.2, 0.25) is 5.91 Å². The first kappa shape index (κ1) is 10.1. The van der Waals surface area contributed by atoms with E-state index >= 15 is 0 Å². The Morgan fingerprint density at radius 2 is 2.00 bits per heavy atom. The van der Waals surface area contributed by atoms with Crippen molar-refractivity contribution in [1.82, 2.24) is 4.90 Å². The molecule has 0 radical (unpaired) electrons. The molecule has 0 bridgehead atoms. The van der Waals surface area contributed by atoms with Gasteiger partial charge in [0.1, 0.15) is 5.41 Å². The summed E-state index contributed by atoms with van der Waals surface area (Å²) >= 11 is 0. The number of carbonyl (C=O) groups is 1. The Morgan fingerprint density at radius 3 is 2.69 bits per heavy atom. The van der Waals surface area contributed by atoms with Gasteiger partial charge in [-0.3, -0.25) is 4.79 Å². The number of hydrogen-bond acceptors (Lipinski definition) is 2. The van der Waals surface area contributed by atoms with E-state index in [2.05, 4.69) is 11.0 Å². The fourth-order valence-corrected chi connectivity index (χ4v) is 3.48. The van der Waals surface area contributed by atoms with Gasteiger partial charge in [-0.15, -0.1) is 0 Å². The van der Waals surface area contributed by atoms with Crippen LogP contribution in [0, 0.1) is 22.7 Å². The van der Waals surface area contributed by atoms with Crippen LogP contribution in [-0.2, 0) is 4.79 Å². The van der Waals surface area contributed by atoms with E-state index in [9.17, 15) is 4.79 Å². The molecule has 3 nitrogen and oxygen atoms in total. The van der Waals surface area contributed by atoms with Gasteiger partial charge >= 0.3 is 0 Å². The van der Waals surface area contributed by atoms with Crippen LogP contribution in [0.5, 0.6) is 0 Å². The number of fused-ring (bicyclic) bond motifs is 1. The number of likely N-dealkylation sites (tertiary alicyclic amines) is 1. The molecule has 3 aliphatic rings. The summed E-state index contributed by atoms with van der Waals surface area (Å²) in [6.07, 6.45) is 7.71. The summed E-state index contributed by atoms with van der Waals surface area (Å²) in [5, 5.41) is 9.10. The summed E-state index contributed by atoms with van der Waals surface area (Å²) in [6, 6.07) is 2.70. The standard InChI is InChI=1S/C13H18N2O/c14-9-13(6-7-13)12(16)15-8-2-4-10-3-1-5-11(10)15/h10-11H,1-8H2. The van der Waals surface area contributed by atoms with Crippen molar-refractivity contribution >= 4 is 5.91 Å². The highest BCUT2D eigenvalue weighted by atomic mass is 16.2. The predicted molar refractivity (Wildman–Crippen MR) is 59.4 cm³/mol. The maximum atomic E-state index is 12.4. The zero-order valence-electron chi connectivity index (χ0n) is 9.61. The summed E-state index contributed by atoms with van der Waals surface area (Å²) < 4.78 is 0. The Morgan fingerprint density at radius 1 is 1.25 bits per heavy atom. The van der Waals surface area contributed by atoms with Crippen LogP contribution >= 0.6 is 0 Å². The summed E-state index contributed by atoms with van der Waals surface area (Å²) in [6.45, 7) is 0.892. The Bertz CT molecular complexity index is 353. The van der Waals surface area contributed by atoms with E-state index in [1.807, 2.05) is 0 Å². The lowest BCUT2D eigenvalue weighted by Crippen LogP contribution is -2.48. The molecule has 1 heterocycles. The molecule has 0 N–H and O–H groups in total. The lowest BCUT2D eigenvalue weighted by atomic mass is 9.90. The zero-order valence-corrected chi connectivity index (χ0v) is 9.61. The van der Waals surface area contributed by atoms with E-state index < -0.39 is 5.41 Å². The van der Waals surface area contributed by atoms with Crippen LogP contribution < -0.4 is 0 Å². The molecular weight excluding hydrogens is 200 g/mol. The van der Waals surface area contributed by atoms with Crippen LogP contribution in [-0.4, -0.2) is 23.4 Å². The smallest absolute Gasteiger partial charge is 0.243 e. The first-order valence-electron chi connectivity index (χ1n) is 6.49. The average molecular weight is 218 g/mol. The van der Waals surface area contributed by atoms with Crippen molar-refractivity contribution in [2.75, 3.05) is 6.54 Å². The number of piperidine rings is 1. The summed E-state index contributed by atoms with van der Waals surface area (Å²) in [5.74, 6) is 0.874. The van der Waals surface area contributed by atoms with Gasteiger partial charge in [-0.2, -0.15) is 5.26 Å². The zero-order chi connectivity index (χ0) is 11.2. The maximum Gasteiger partial charge on any atom is 0.243 e. The molecular formula is C13H18N2O. The van der Waals surface area contributed by atoms with Gasteiger partial charge in [-0.05, 0) is 44.4 Å². The molecule has 0 aromatic heterocycles. The number of nitriles is 1. The number of amides is 1. The third kappa shape index (κ3) is 1.36. The van der Waals surface area contributed by atoms with Crippen LogP contribution in [0.3, 0.4) is 0 Å². The van der Waals surface area contributed by atoms with Gasteiger partial charge < -0.3 is 4.90 Å². The van der Waals surface area contributed by atoms with Crippen LogP contribution in [0.1, 0.15) is 44.9 Å². The van der Waals surface area contributed by atoms with Gasteiger partial charge in [-0.1, -0.05) is 6.42 Å². The van der Waals surface area contributed by atoms with E-state index in [0.717, 1.165) is 38.1 Å². The lowest BCUT2D eigenvalue weighted by molar-refractivity contribution is -0.139. The number of nitrogens with zero attached hydrogens (tertiary/aromatic N) is 2. The molecule has 0 aromatic rings. The Kier molecular flexibility index (Phi) is 2.20. The fraction of sp³-hybridized carbons (Fsp3) is 0.846. The third-order valence-corrected chi connectivity index (χ3v) is 4.63. The molecule has 1 aliphatic heterocycles. The minimum atomic E-state index is -0.607. The fourth-order valence-electron chi connectivity index (χ4n) is 3.48. The minimum Gasteiger partial charge on any atom is -0.338 e. The van der Waals surface area contributed by atoms with Crippen molar-refractivity contribution < 1.29 is 4.79 Å². The number of carbonyl (C=O) groups excluding carboxylic acids is 1. The number of rotatable bonds is 1. The first-order chi connectivity index (χ1) is 7.77. The van der Waals surface area contributed by atoms with Gasteiger partial charge in [-0.25, -0.2) is 0 Å². The molecule has 2 unspecified atom stereocenters. The van der Waals surface area contributed by atoms with Crippen molar-refractivity contribution in [3.8, 4) is 6.07 Å². The monoisotopic (exact) mass is 218 g/mol. The quantitative estimate of drug-likeness (QED) is 0.676. The van der Waals surface area contributed by atoms with Crippen LogP contribution in [0.4, 0.5) is 0 Å². The van der Waals surface area contributed by atoms with Gasteiger partial charge in [0.15, 0.2) is 0 Å². The first-order valence-corrected chi connectivity index (χ1v) is 6.49. The van der Waals surface area contributed by atoms with E-state index in [4.69, 9.17) is 5.26 Å². The minimum absolute atomic E-state index is 0.145. The van der Waals surface area contributed by atoms with Crippen LogP contribution in [0.25, 0.3) is 0 Å². The molecule has 86 valence electrons. The third-order valence-electron chi connectivity index (χ3n) is 4.63. The van der Waals surface area contributed by atoms with Crippen molar-refractivity contribution in [3.05, 3.63) is 0 Å². The highest BCUT2D eigenvalue weighted by Gasteiger charge is 2.54. The average Bonchev–Trinajstić information content (AvgIpc) is 2.98. The molecule has 3 fully saturated rings. The molecule has 3 heteroatoms. The molecule has 2 aliphatic carbocycles. The second-order valence-electron chi connectivity index (χ2n) is 5.59. The van der Waals surface area contributed by atoms with Crippen molar-refractivity contribution in [2.45, 2.75) is 51.0 Å². The Hall–Kier alpha value is -1.04. The number of hydrogen-bond donors (Lipinski definition) is 0. The van der Waals surface area contributed by atoms with Crippen LogP contribution in [0.2, 0.25) is 0 Å². The second-order valence-corrected chi connectivity index (χ2v) is 5.59. The van der Waals surface area contributed by atoms with Crippen LogP contribution in [0.15, 0.2) is 0 Å².